The third kappa shape index (κ3) is 4.27. The van der Waals surface area contributed by atoms with Crippen LogP contribution in [0.15, 0.2) is 30.5 Å². The van der Waals surface area contributed by atoms with Gasteiger partial charge in [-0.25, -0.2) is 9.37 Å². The van der Waals surface area contributed by atoms with Gasteiger partial charge in [0.25, 0.3) is 5.91 Å². The lowest BCUT2D eigenvalue weighted by Crippen LogP contribution is -2.47. The van der Waals surface area contributed by atoms with Crippen LogP contribution < -0.4 is 19.9 Å². The molecule has 1 saturated heterocycles. The number of methoxy groups -OCH3 is 1. The van der Waals surface area contributed by atoms with E-state index >= 15 is 0 Å². The van der Waals surface area contributed by atoms with E-state index in [0.717, 1.165) is 0 Å². The molecule has 0 saturated carbocycles. The standard InChI is InChI=1S/C19H24FN5O2/c1-13(2)22-17(26)14-12-21-19(23-18(14)27-3)25-10-8-24(9-11-25)16-7-5-4-6-15(16)20/h4-7,12-13H,8-11H2,1-3H3,(H,22,26). The van der Waals surface area contributed by atoms with Gasteiger partial charge in [-0.2, -0.15) is 4.98 Å². The molecule has 27 heavy (non-hydrogen) atoms. The first kappa shape index (κ1) is 18.9. The lowest BCUT2D eigenvalue weighted by atomic mass is 10.2. The minimum atomic E-state index is -0.266. The molecule has 7 nitrogen and oxygen atoms in total. The molecule has 0 unspecified atom stereocenters. The molecule has 1 aliphatic rings. The number of nitrogens with zero attached hydrogens (tertiary/aromatic N) is 4. The van der Waals surface area contributed by atoms with Gasteiger partial charge in [-0.05, 0) is 26.0 Å². The summed E-state index contributed by atoms with van der Waals surface area (Å²) in [7, 11) is 1.48. The number of anilines is 2. The van der Waals surface area contributed by atoms with Crippen molar-refractivity contribution in [2.24, 2.45) is 0 Å². The second kappa shape index (κ2) is 8.20. The van der Waals surface area contributed by atoms with Crippen molar-refractivity contribution in [3.8, 4) is 5.88 Å². The number of halogens is 1. The van der Waals surface area contributed by atoms with E-state index in [1.165, 1.54) is 19.4 Å². The van der Waals surface area contributed by atoms with Crippen LogP contribution in [-0.4, -0.2) is 55.2 Å². The Bertz CT molecular complexity index is 806. The van der Waals surface area contributed by atoms with E-state index in [1.54, 1.807) is 12.1 Å². The van der Waals surface area contributed by atoms with Crippen molar-refractivity contribution in [3.05, 3.63) is 41.8 Å². The van der Waals surface area contributed by atoms with Gasteiger partial charge >= 0.3 is 0 Å². The molecule has 3 rings (SSSR count). The average molecular weight is 373 g/mol. The maximum atomic E-state index is 14.0. The van der Waals surface area contributed by atoms with E-state index < -0.39 is 0 Å². The van der Waals surface area contributed by atoms with Crippen molar-refractivity contribution in [2.45, 2.75) is 19.9 Å². The summed E-state index contributed by atoms with van der Waals surface area (Å²) in [5, 5.41) is 2.81. The Kier molecular flexibility index (Phi) is 5.73. The molecule has 144 valence electrons. The summed E-state index contributed by atoms with van der Waals surface area (Å²) in [6.45, 7) is 6.37. The number of carbonyl (C=O) groups is 1. The second-order valence-corrected chi connectivity index (χ2v) is 6.65. The van der Waals surface area contributed by atoms with Crippen molar-refractivity contribution >= 4 is 17.5 Å². The summed E-state index contributed by atoms with van der Waals surface area (Å²) >= 11 is 0. The topological polar surface area (TPSA) is 70.6 Å². The van der Waals surface area contributed by atoms with Crippen molar-refractivity contribution in [3.63, 3.8) is 0 Å². The van der Waals surface area contributed by atoms with E-state index in [9.17, 15) is 9.18 Å². The molecular formula is C19H24FN5O2. The fourth-order valence-corrected chi connectivity index (χ4v) is 3.02. The normalized spacial score (nSPS) is 14.4. The highest BCUT2D eigenvalue weighted by molar-refractivity contribution is 5.96. The lowest BCUT2D eigenvalue weighted by Gasteiger charge is -2.36. The lowest BCUT2D eigenvalue weighted by molar-refractivity contribution is 0.0939. The summed E-state index contributed by atoms with van der Waals surface area (Å²) in [6.07, 6.45) is 1.49. The van der Waals surface area contributed by atoms with Crippen LogP contribution in [0, 0.1) is 5.82 Å². The predicted molar refractivity (Wildman–Crippen MR) is 102 cm³/mol. The molecule has 2 aromatic rings. The van der Waals surface area contributed by atoms with Gasteiger partial charge in [-0.1, -0.05) is 12.1 Å². The third-order valence-electron chi connectivity index (χ3n) is 4.35. The Morgan fingerprint density at radius 1 is 1.19 bits per heavy atom. The van der Waals surface area contributed by atoms with Crippen molar-refractivity contribution in [1.29, 1.82) is 0 Å². The Labute approximate surface area is 158 Å². The predicted octanol–water partition coefficient (Wildman–Crippen LogP) is 2.09. The van der Waals surface area contributed by atoms with E-state index in [-0.39, 0.29) is 23.6 Å². The highest BCUT2D eigenvalue weighted by Gasteiger charge is 2.23. The number of aromatic nitrogens is 2. The van der Waals surface area contributed by atoms with Crippen LogP contribution in [0.25, 0.3) is 0 Å². The number of nitrogens with one attached hydrogen (secondary N) is 1. The van der Waals surface area contributed by atoms with E-state index in [0.29, 0.717) is 43.4 Å². The molecule has 1 aromatic carbocycles. The minimum absolute atomic E-state index is 0.00772. The number of para-hydroxylation sites is 1. The number of hydrogen-bond donors (Lipinski definition) is 1. The summed E-state index contributed by atoms with van der Waals surface area (Å²) < 4.78 is 19.3. The van der Waals surface area contributed by atoms with Crippen LogP contribution in [0.2, 0.25) is 0 Å². The Morgan fingerprint density at radius 3 is 2.48 bits per heavy atom. The average Bonchev–Trinajstić information content (AvgIpc) is 2.67. The van der Waals surface area contributed by atoms with Crippen molar-refractivity contribution in [1.82, 2.24) is 15.3 Å². The zero-order chi connectivity index (χ0) is 19.4. The monoisotopic (exact) mass is 373 g/mol. The largest absolute Gasteiger partial charge is 0.480 e. The molecule has 0 spiro atoms. The fourth-order valence-electron chi connectivity index (χ4n) is 3.02. The fraction of sp³-hybridized carbons (Fsp3) is 0.421. The van der Waals surface area contributed by atoms with Crippen LogP contribution in [0.3, 0.4) is 0 Å². The maximum absolute atomic E-state index is 14.0. The van der Waals surface area contributed by atoms with Crippen LogP contribution in [0.5, 0.6) is 5.88 Å². The number of benzene rings is 1. The smallest absolute Gasteiger partial charge is 0.258 e. The van der Waals surface area contributed by atoms with Crippen LogP contribution in [-0.2, 0) is 0 Å². The van der Waals surface area contributed by atoms with Gasteiger partial charge < -0.3 is 19.9 Å². The Morgan fingerprint density at radius 2 is 1.85 bits per heavy atom. The van der Waals surface area contributed by atoms with Crippen molar-refractivity contribution in [2.75, 3.05) is 43.1 Å². The van der Waals surface area contributed by atoms with Crippen LogP contribution in [0.1, 0.15) is 24.2 Å². The number of hydrogen-bond acceptors (Lipinski definition) is 6. The summed E-state index contributed by atoms with van der Waals surface area (Å²) in [5.74, 6) is 0.262. The first-order chi connectivity index (χ1) is 13.0. The summed E-state index contributed by atoms with van der Waals surface area (Å²) in [5.41, 5.74) is 0.913. The number of piperazine rings is 1. The van der Waals surface area contributed by atoms with Gasteiger partial charge in [-0.15, -0.1) is 0 Å². The zero-order valence-electron chi connectivity index (χ0n) is 15.8. The number of ether oxygens (including phenoxy) is 1. The maximum Gasteiger partial charge on any atom is 0.258 e. The number of amides is 1. The minimum Gasteiger partial charge on any atom is -0.480 e. The number of rotatable bonds is 5. The molecule has 0 aliphatic carbocycles. The van der Waals surface area contributed by atoms with E-state index in [4.69, 9.17) is 4.74 Å². The molecule has 1 fully saturated rings. The van der Waals surface area contributed by atoms with E-state index in [1.807, 2.05) is 29.7 Å². The summed E-state index contributed by atoms with van der Waals surface area (Å²) in [4.78, 5) is 25.0. The second-order valence-electron chi connectivity index (χ2n) is 6.65. The first-order valence-electron chi connectivity index (χ1n) is 8.96. The van der Waals surface area contributed by atoms with Gasteiger partial charge in [0, 0.05) is 38.4 Å². The summed E-state index contributed by atoms with van der Waals surface area (Å²) in [6, 6.07) is 6.78. The molecule has 0 radical (unpaired) electrons. The highest BCUT2D eigenvalue weighted by Crippen LogP contribution is 2.23. The molecule has 1 aliphatic heterocycles. The molecule has 2 heterocycles. The quantitative estimate of drug-likeness (QED) is 0.865. The van der Waals surface area contributed by atoms with Gasteiger partial charge in [0.15, 0.2) is 0 Å². The van der Waals surface area contributed by atoms with Crippen LogP contribution in [0.4, 0.5) is 16.0 Å². The van der Waals surface area contributed by atoms with Gasteiger partial charge in [0.05, 0.1) is 12.8 Å². The molecule has 0 bridgehead atoms. The number of carbonyl (C=O) groups excluding carboxylic acids is 1. The van der Waals surface area contributed by atoms with Gasteiger partial charge in [-0.3, -0.25) is 4.79 Å². The SMILES string of the molecule is COc1nc(N2CCN(c3ccccc3F)CC2)ncc1C(=O)NC(C)C. The molecule has 0 atom stereocenters. The van der Waals surface area contributed by atoms with Crippen LogP contribution >= 0.6 is 0 Å². The highest BCUT2D eigenvalue weighted by atomic mass is 19.1. The Hall–Kier alpha value is -2.90. The zero-order valence-corrected chi connectivity index (χ0v) is 15.8. The van der Waals surface area contributed by atoms with Gasteiger partial charge in [0.2, 0.25) is 11.8 Å². The third-order valence-corrected chi connectivity index (χ3v) is 4.35. The molecule has 1 N–H and O–H groups in total. The Balaban J connectivity index is 1.71. The molecule has 1 amide bonds. The first-order valence-corrected chi connectivity index (χ1v) is 8.96. The molecule has 1 aromatic heterocycles. The van der Waals surface area contributed by atoms with Gasteiger partial charge in [0.1, 0.15) is 11.4 Å². The molecule has 8 heteroatoms. The molecular weight excluding hydrogens is 349 g/mol. The van der Waals surface area contributed by atoms with E-state index in [2.05, 4.69) is 15.3 Å². The van der Waals surface area contributed by atoms with Crippen molar-refractivity contribution < 1.29 is 13.9 Å².